The van der Waals surface area contributed by atoms with Gasteiger partial charge in [0.25, 0.3) is 0 Å². The Hall–Kier alpha value is -0.640. The number of rotatable bonds is 9. The fourth-order valence-corrected chi connectivity index (χ4v) is 3.29. The summed E-state index contributed by atoms with van der Waals surface area (Å²) in [6.07, 6.45) is 5.67. The Labute approximate surface area is 129 Å². The van der Waals surface area contributed by atoms with E-state index in [0.717, 1.165) is 45.1 Å². The van der Waals surface area contributed by atoms with Gasteiger partial charge in [-0.3, -0.25) is 4.79 Å². The monoisotopic (exact) mass is 298 g/mol. The topological polar surface area (TPSA) is 46.3 Å². The number of nitrogens with two attached hydrogens (primary N) is 1. The lowest BCUT2D eigenvalue weighted by Crippen LogP contribution is -2.52. The van der Waals surface area contributed by atoms with Gasteiger partial charge in [-0.15, -0.1) is 0 Å². The molecule has 1 amide bonds. The van der Waals surface area contributed by atoms with Gasteiger partial charge in [0.15, 0.2) is 0 Å². The smallest absolute Gasteiger partial charge is 0.235 e. The molecular weight excluding hydrogens is 268 g/mol. The first-order chi connectivity index (χ1) is 9.39. The Kier molecular flexibility index (Phi) is 6.44. The van der Waals surface area contributed by atoms with Gasteiger partial charge in [-0.25, -0.2) is 0 Å². The average molecular weight is 298 g/mol. The quantitative estimate of drug-likeness (QED) is 0.663. The van der Waals surface area contributed by atoms with Crippen molar-refractivity contribution in [1.29, 1.82) is 0 Å². The Morgan fingerprint density at radius 3 is 2.10 bits per heavy atom. The van der Waals surface area contributed by atoms with Gasteiger partial charge in [0.2, 0.25) is 5.91 Å². The molecule has 1 rings (SSSR count). The standard InChI is InChI=1S/C16H30N2OS/c1-5-9-16(10-6-2,14(17)20)15(19)18(11-12(3)4)13-7-8-13/h12-13H,5-11H2,1-4H3,(H2,17,20). The van der Waals surface area contributed by atoms with Crippen LogP contribution in [-0.2, 0) is 4.79 Å². The highest BCUT2D eigenvalue weighted by molar-refractivity contribution is 7.80. The Morgan fingerprint density at radius 2 is 1.80 bits per heavy atom. The molecule has 0 heterocycles. The van der Waals surface area contributed by atoms with E-state index in [-0.39, 0.29) is 5.91 Å². The van der Waals surface area contributed by atoms with Crippen molar-refractivity contribution in [3.8, 4) is 0 Å². The normalized spacial score (nSPS) is 15.4. The van der Waals surface area contributed by atoms with Gasteiger partial charge in [0.1, 0.15) is 0 Å². The largest absolute Gasteiger partial charge is 0.392 e. The molecule has 20 heavy (non-hydrogen) atoms. The van der Waals surface area contributed by atoms with E-state index in [2.05, 4.69) is 32.6 Å². The molecule has 2 N–H and O–H groups in total. The lowest BCUT2D eigenvalue weighted by molar-refractivity contribution is -0.140. The molecule has 0 bridgehead atoms. The lowest BCUT2D eigenvalue weighted by atomic mass is 9.77. The minimum Gasteiger partial charge on any atom is -0.392 e. The highest BCUT2D eigenvalue weighted by Gasteiger charge is 2.46. The number of carbonyl (C=O) groups is 1. The van der Waals surface area contributed by atoms with Crippen molar-refractivity contribution in [3.05, 3.63) is 0 Å². The van der Waals surface area contributed by atoms with Crippen LogP contribution in [0.15, 0.2) is 0 Å². The van der Waals surface area contributed by atoms with Gasteiger partial charge in [-0.05, 0) is 31.6 Å². The van der Waals surface area contributed by atoms with Gasteiger partial charge in [0.05, 0.1) is 10.4 Å². The van der Waals surface area contributed by atoms with E-state index < -0.39 is 5.41 Å². The van der Waals surface area contributed by atoms with Crippen LogP contribution in [0, 0.1) is 11.3 Å². The molecule has 1 saturated carbocycles. The molecule has 0 unspecified atom stereocenters. The van der Waals surface area contributed by atoms with Crippen LogP contribution in [0.2, 0.25) is 0 Å². The first-order valence-electron chi connectivity index (χ1n) is 8.00. The summed E-state index contributed by atoms with van der Waals surface area (Å²) in [5, 5.41) is 0. The van der Waals surface area contributed by atoms with E-state index in [1.807, 2.05) is 0 Å². The predicted octanol–water partition coefficient (Wildman–Crippen LogP) is 3.51. The summed E-state index contributed by atoms with van der Waals surface area (Å²) in [6, 6.07) is 0.423. The van der Waals surface area contributed by atoms with Crippen LogP contribution in [0.4, 0.5) is 0 Å². The molecule has 1 aliphatic carbocycles. The lowest BCUT2D eigenvalue weighted by Gasteiger charge is -2.37. The number of amides is 1. The van der Waals surface area contributed by atoms with Crippen LogP contribution >= 0.6 is 12.2 Å². The van der Waals surface area contributed by atoms with Crippen LogP contribution in [0.25, 0.3) is 0 Å². The average Bonchev–Trinajstić information content (AvgIpc) is 3.18. The van der Waals surface area contributed by atoms with Crippen LogP contribution in [0.3, 0.4) is 0 Å². The van der Waals surface area contributed by atoms with E-state index in [0.29, 0.717) is 16.9 Å². The van der Waals surface area contributed by atoms with Gasteiger partial charge in [0, 0.05) is 12.6 Å². The third-order valence-corrected chi connectivity index (χ3v) is 4.44. The van der Waals surface area contributed by atoms with Crippen molar-refractivity contribution in [2.45, 2.75) is 72.3 Å². The molecule has 116 valence electrons. The maximum Gasteiger partial charge on any atom is 0.235 e. The number of hydrogen-bond donors (Lipinski definition) is 1. The molecule has 3 nitrogen and oxygen atoms in total. The molecule has 0 saturated heterocycles. The molecule has 4 heteroatoms. The summed E-state index contributed by atoms with van der Waals surface area (Å²) < 4.78 is 0. The number of hydrogen-bond acceptors (Lipinski definition) is 2. The molecular formula is C16H30N2OS. The van der Waals surface area contributed by atoms with Gasteiger partial charge in [-0.2, -0.15) is 0 Å². The predicted molar refractivity (Wildman–Crippen MR) is 88.6 cm³/mol. The van der Waals surface area contributed by atoms with Crippen molar-refractivity contribution in [2.75, 3.05) is 6.54 Å². The van der Waals surface area contributed by atoms with Crippen molar-refractivity contribution in [2.24, 2.45) is 17.1 Å². The number of carbonyl (C=O) groups excluding carboxylic acids is 1. The Morgan fingerprint density at radius 1 is 1.30 bits per heavy atom. The Balaban J connectivity index is 3.02. The minimum atomic E-state index is -0.615. The summed E-state index contributed by atoms with van der Waals surface area (Å²) in [6.45, 7) is 9.33. The van der Waals surface area contributed by atoms with Gasteiger partial charge in [-0.1, -0.05) is 52.8 Å². The summed E-state index contributed by atoms with van der Waals surface area (Å²) in [5.41, 5.74) is 5.40. The maximum atomic E-state index is 13.2. The molecule has 0 radical (unpaired) electrons. The summed E-state index contributed by atoms with van der Waals surface area (Å²) in [5.74, 6) is 0.664. The summed E-state index contributed by atoms with van der Waals surface area (Å²) >= 11 is 5.31. The molecule has 0 aromatic heterocycles. The number of thiocarbonyl (C=S) groups is 1. The second-order valence-electron chi connectivity index (χ2n) is 6.53. The fraction of sp³-hybridized carbons (Fsp3) is 0.875. The second-order valence-corrected chi connectivity index (χ2v) is 6.97. The molecule has 0 spiro atoms. The van der Waals surface area contributed by atoms with E-state index in [4.69, 9.17) is 18.0 Å². The Bertz CT molecular complexity index is 344. The van der Waals surface area contributed by atoms with Crippen molar-refractivity contribution in [3.63, 3.8) is 0 Å². The highest BCUT2D eigenvalue weighted by atomic mass is 32.1. The first-order valence-corrected chi connectivity index (χ1v) is 8.40. The van der Waals surface area contributed by atoms with Gasteiger partial charge < -0.3 is 10.6 Å². The number of nitrogens with zero attached hydrogens (tertiary/aromatic N) is 1. The van der Waals surface area contributed by atoms with E-state index in [1.165, 1.54) is 0 Å². The maximum absolute atomic E-state index is 13.2. The fourth-order valence-electron chi connectivity index (χ4n) is 3.00. The van der Waals surface area contributed by atoms with Crippen molar-refractivity contribution < 1.29 is 4.79 Å². The first kappa shape index (κ1) is 17.4. The van der Waals surface area contributed by atoms with Crippen LogP contribution in [0.5, 0.6) is 0 Å². The third kappa shape index (κ3) is 3.94. The van der Waals surface area contributed by atoms with Gasteiger partial charge >= 0.3 is 0 Å². The minimum absolute atomic E-state index is 0.185. The molecule has 0 atom stereocenters. The van der Waals surface area contributed by atoms with Crippen LogP contribution in [0.1, 0.15) is 66.2 Å². The van der Waals surface area contributed by atoms with Crippen LogP contribution in [-0.4, -0.2) is 28.4 Å². The molecule has 0 aromatic rings. The summed E-state index contributed by atoms with van der Waals surface area (Å²) in [7, 11) is 0. The van der Waals surface area contributed by atoms with Crippen molar-refractivity contribution in [1.82, 2.24) is 4.90 Å². The SMILES string of the molecule is CCCC(CCC)(C(=O)N(CC(C)C)C1CC1)C(N)=S. The zero-order valence-corrected chi connectivity index (χ0v) is 14.3. The van der Waals surface area contributed by atoms with Crippen molar-refractivity contribution >= 4 is 23.1 Å². The highest BCUT2D eigenvalue weighted by Crippen LogP contribution is 2.37. The summed E-state index contributed by atoms with van der Waals surface area (Å²) in [4.78, 5) is 15.6. The molecule has 1 aliphatic rings. The third-order valence-electron chi connectivity index (χ3n) is 4.04. The second kappa shape index (κ2) is 7.39. The van der Waals surface area contributed by atoms with E-state index >= 15 is 0 Å². The van der Waals surface area contributed by atoms with Crippen LogP contribution < -0.4 is 5.73 Å². The zero-order valence-electron chi connectivity index (χ0n) is 13.4. The van der Waals surface area contributed by atoms with E-state index in [9.17, 15) is 4.79 Å². The van der Waals surface area contributed by atoms with E-state index in [1.54, 1.807) is 0 Å². The molecule has 1 fully saturated rings. The molecule has 0 aromatic carbocycles. The zero-order chi connectivity index (χ0) is 15.3. The molecule has 0 aliphatic heterocycles.